The Balaban J connectivity index is 2.37. The van der Waals surface area contributed by atoms with Crippen LogP contribution in [0, 0.1) is 19.8 Å². The quantitative estimate of drug-likeness (QED) is 0.914. The van der Waals surface area contributed by atoms with E-state index < -0.39 is 0 Å². The number of nitrogens with zero attached hydrogens (tertiary/aromatic N) is 1. The minimum Gasteiger partial charge on any atom is -0.322 e. The second-order valence-corrected chi connectivity index (χ2v) is 6.18. The van der Waals surface area contributed by atoms with Crippen molar-refractivity contribution in [2.75, 3.05) is 6.54 Å². The standard InChI is InChI=1S/C17H26N2O/c1-6-9-19-16(18-15(11(2)3)17(19)20)14-10-12(4)7-8-13(14)5/h7-8,10-11,15-16,18H,6,9H2,1-5H3. The van der Waals surface area contributed by atoms with Crippen molar-refractivity contribution in [3.63, 3.8) is 0 Å². The zero-order chi connectivity index (χ0) is 14.9. The van der Waals surface area contributed by atoms with E-state index in [1.807, 2.05) is 4.90 Å². The maximum Gasteiger partial charge on any atom is 0.241 e. The van der Waals surface area contributed by atoms with Crippen LogP contribution in [0.2, 0.25) is 0 Å². The number of carbonyl (C=O) groups excluding carboxylic acids is 1. The highest BCUT2D eigenvalue weighted by Crippen LogP contribution is 2.30. The number of amides is 1. The van der Waals surface area contributed by atoms with Crippen LogP contribution in [0.1, 0.15) is 50.0 Å². The van der Waals surface area contributed by atoms with Crippen LogP contribution in [0.5, 0.6) is 0 Å². The van der Waals surface area contributed by atoms with Gasteiger partial charge in [-0.25, -0.2) is 0 Å². The SMILES string of the molecule is CCCN1C(=O)C(C(C)C)NC1c1cc(C)ccc1C. The molecule has 20 heavy (non-hydrogen) atoms. The number of hydrogen-bond donors (Lipinski definition) is 1. The van der Waals surface area contributed by atoms with Crippen molar-refractivity contribution in [2.24, 2.45) is 5.92 Å². The Hall–Kier alpha value is -1.35. The number of hydrogen-bond acceptors (Lipinski definition) is 2. The average molecular weight is 274 g/mol. The van der Waals surface area contributed by atoms with E-state index in [1.54, 1.807) is 0 Å². The molecule has 1 heterocycles. The Kier molecular flexibility index (Phi) is 4.48. The van der Waals surface area contributed by atoms with Crippen LogP contribution < -0.4 is 5.32 Å². The van der Waals surface area contributed by atoms with E-state index in [0.717, 1.165) is 13.0 Å². The Bertz CT molecular complexity index is 496. The molecule has 0 bridgehead atoms. The number of aryl methyl sites for hydroxylation is 2. The van der Waals surface area contributed by atoms with Crippen molar-refractivity contribution >= 4 is 5.91 Å². The fourth-order valence-electron chi connectivity index (χ4n) is 2.91. The molecule has 110 valence electrons. The zero-order valence-electron chi connectivity index (χ0n) is 13.2. The number of carbonyl (C=O) groups is 1. The van der Waals surface area contributed by atoms with Gasteiger partial charge in [-0.15, -0.1) is 0 Å². The largest absolute Gasteiger partial charge is 0.322 e. The summed E-state index contributed by atoms with van der Waals surface area (Å²) in [6, 6.07) is 6.40. The summed E-state index contributed by atoms with van der Waals surface area (Å²) < 4.78 is 0. The van der Waals surface area contributed by atoms with Gasteiger partial charge in [-0.1, -0.05) is 44.5 Å². The third kappa shape index (κ3) is 2.73. The van der Waals surface area contributed by atoms with Gasteiger partial charge < -0.3 is 4.90 Å². The Labute approximate surface area is 122 Å². The number of benzene rings is 1. The van der Waals surface area contributed by atoms with Gasteiger partial charge in [0.25, 0.3) is 0 Å². The lowest BCUT2D eigenvalue weighted by Gasteiger charge is -2.25. The summed E-state index contributed by atoms with van der Waals surface area (Å²) in [6.07, 6.45) is 1.01. The minimum atomic E-state index is -0.0635. The Morgan fingerprint density at radius 3 is 2.60 bits per heavy atom. The van der Waals surface area contributed by atoms with Crippen LogP contribution >= 0.6 is 0 Å². The van der Waals surface area contributed by atoms with Crippen LogP contribution in [0.3, 0.4) is 0 Å². The molecule has 1 N–H and O–H groups in total. The second kappa shape index (κ2) is 5.96. The molecule has 3 nitrogen and oxygen atoms in total. The van der Waals surface area contributed by atoms with Gasteiger partial charge in [-0.05, 0) is 37.3 Å². The molecule has 1 saturated heterocycles. The predicted octanol–water partition coefficient (Wildman–Crippen LogP) is 3.17. The van der Waals surface area contributed by atoms with Gasteiger partial charge in [0.1, 0.15) is 6.17 Å². The normalized spacial score (nSPS) is 22.9. The summed E-state index contributed by atoms with van der Waals surface area (Å²) in [5, 5.41) is 3.54. The average Bonchev–Trinajstić information content (AvgIpc) is 2.71. The van der Waals surface area contributed by atoms with Crippen molar-refractivity contribution in [1.82, 2.24) is 10.2 Å². The van der Waals surface area contributed by atoms with E-state index in [1.165, 1.54) is 16.7 Å². The van der Waals surface area contributed by atoms with E-state index in [4.69, 9.17) is 0 Å². The summed E-state index contributed by atoms with van der Waals surface area (Å²) >= 11 is 0. The van der Waals surface area contributed by atoms with Crippen LogP contribution in [-0.4, -0.2) is 23.4 Å². The Morgan fingerprint density at radius 1 is 1.30 bits per heavy atom. The fraction of sp³-hybridized carbons (Fsp3) is 0.588. The lowest BCUT2D eigenvalue weighted by atomic mass is 10.0. The number of nitrogens with one attached hydrogen (secondary N) is 1. The van der Waals surface area contributed by atoms with E-state index in [-0.39, 0.29) is 18.1 Å². The van der Waals surface area contributed by atoms with Gasteiger partial charge in [-0.3, -0.25) is 10.1 Å². The van der Waals surface area contributed by atoms with Crippen LogP contribution in [0.4, 0.5) is 0 Å². The predicted molar refractivity (Wildman–Crippen MR) is 82.4 cm³/mol. The third-order valence-electron chi connectivity index (χ3n) is 4.06. The highest BCUT2D eigenvalue weighted by molar-refractivity contribution is 5.85. The van der Waals surface area contributed by atoms with Crippen molar-refractivity contribution in [3.05, 3.63) is 34.9 Å². The summed E-state index contributed by atoms with van der Waals surface area (Å²) in [7, 11) is 0. The minimum absolute atomic E-state index is 0.0229. The molecule has 0 spiro atoms. The molecule has 0 aliphatic carbocycles. The molecule has 2 rings (SSSR count). The van der Waals surface area contributed by atoms with Gasteiger partial charge in [-0.2, -0.15) is 0 Å². The molecule has 2 unspecified atom stereocenters. The molecule has 1 amide bonds. The van der Waals surface area contributed by atoms with Crippen LogP contribution in [0.15, 0.2) is 18.2 Å². The van der Waals surface area contributed by atoms with Crippen molar-refractivity contribution in [2.45, 2.75) is 53.2 Å². The van der Waals surface area contributed by atoms with Gasteiger partial charge >= 0.3 is 0 Å². The van der Waals surface area contributed by atoms with Crippen molar-refractivity contribution in [3.8, 4) is 0 Å². The summed E-state index contributed by atoms with van der Waals surface area (Å²) in [5.41, 5.74) is 3.71. The lowest BCUT2D eigenvalue weighted by molar-refractivity contribution is -0.130. The van der Waals surface area contributed by atoms with Crippen LogP contribution in [0.25, 0.3) is 0 Å². The fourth-order valence-corrected chi connectivity index (χ4v) is 2.91. The molecule has 1 aromatic rings. The van der Waals surface area contributed by atoms with Gasteiger partial charge in [0.2, 0.25) is 5.91 Å². The maximum atomic E-state index is 12.6. The molecule has 1 aliphatic rings. The molecule has 0 saturated carbocycles. The first-order valence-corrected chi connectivity index (χ1v) is 7.59. The van der Waals surface area contributed by atoms with Crippen LogP contribution in [-0.2, 0) is 4.79 Å². The molecule has 1 fully saturated rings. The summed E-state index contributed by atoms with van der Waals surface area (Å²) in [6.45, 7) is 11.4. The zero-order valence-corrected chi connectivity index (χ0v) is 13.2. The topological polar surface area (TPSA) is 32.3 Å². The lowest BCUT2D eigenvalue weighted by Crippen LogP contribution is -2.34. The monoisotopic (exact) mass is 274 g/mol. The summed E-state index contributed by atoms with van der Waals surface area (Å²) in [4.78, 5) is 14.6. The molecule has 0 aromatic heterocycles. The van der Waals surface area contributed by atoms with E-state index >= 15 is 0 Å². The van der Waals surface area contributed by atoms with E-state index in [9.17, 15) is 4.79 Å². The van der Waals surface area contributed by atoms with E-state index in [0.29, 0.717) is 5.92 Å². The first-order chi connectivity index (χ1) is 9.45. The Morgan fingerprint density at radius 2 is 2.00 bits per heavy atom. The molecule has 1 aliphatic heterocycles. The first kappa shape index (κ1) is 15.0. The first-order valence-electron chi connectivity index (χ1n) is 7.59. The maximum absolute atomic E-state index is 12.6. The highest BCUT2D eigenvalue weighted by atomic mass is 16.2. The molecule has 2 atom stereocenters. The molecule has 1 aromatic carbocycles. The highest BCUT2D eigenvalue weighted by Gasteiger charge is 2.40. The third-order valence-corrected chi connectivity index (χ3v) is 4.06. The smallest absolute Gasteiger partial charge is 0.241 e. The molecule has 3 heteroatoms. The van der Waals surface area contributed by atoms with Crippen molar-refractivity contribution < 1.29 is 4.79 Å². The molecular formula is C17H26N2O. The van der Waals surface area contributed by atoms with E-state index in [2.05, 4.69) is 58.1 Å². The number of rotatable bonds is 4. The van der Waals surface area contributed by atoms with Gasteiger partial charge in [0, 0.05) is 6.54 Å². The second-order valence-electron chi connectivity index (χ2n) is 6.18. The molecular weight excluding hydrogens is 248 g/mol. The molecule has 0 radical (unpaired) electrons. The summed E-state index contributed by atoms with van der Waals surface area (Å²) in [5.74, 6) is 0.560. The van der Waals surface area contributed by atoms with Crippen molar-refractivity contribution in [1.29, 1.82) is 0 Å². The van der Waals surface area contributed by atoms with Gasteiger partial charge in [0.15, 0.2) is 0 Å². The van der Waals surface area contributed by atoms with Gasteiger partial charge in [0.05, 0.1) is 6.04 Å².